The number of carbonyl (C=O) groups excluding carboxylic acids is 1. The van der Waals surface area contributed by atoms with E-state index in [1.165, 1.54) is 23.3 Å². The SMILES string of the molecule is Cc1[nH]c2ccccc2c1/C=N/NC(=O)c1csc2c1CCCC2. The summed E-state index contributed by atoms with van der Waals surface area (Å²) < 4.78 is 0. The van der Waals surface area contributed by atoms with Gasteiger partial charge in [0.1, 0.15) is 0 Å². The molecule has 3 aromatic rings. The molecule has 24 heavy (non-hydrogen) atoms. The summed E-state index contributed by atoms with van der Waals surface area (Å²) in [6.45, 7) is 2.01. The van der Waals surface area contributed by atoms with Crippen molar-refractivity contribution in [1.29, 1.82) is 0 Å². The van der Waals surface area contributed by atoms with Crippen molar-refractivity contribution in [1.82, 2.24) is 10.4 Å². The number of aryl methyl sites for hydroxylation is 2. The average molecular weight is 337 g/mol. The highest BCUT2D eigenvalue weighted by Gasteiger charge is 2.19. The molecule has 0 atom stereocenters. The molecule has 1 aliphatic carbocycles. The van der Waals surface area contributed by atoms with Gasteiger partial charge in [0.25, 0.3) is 5.91 Å². The van der Waals surface area contributed by atoms with Crippen LogP contribution >= 0.6 is 11.3 Å². The van der Waals surface area contributed by atoms with E-state index in [2.05, 4.69) is 21.6 Å². The summed E-state index contributed by atoms with van der Waals surface area (Å²) in [4.78, 5) is 17.1. The number of aromatic nitrogens is 1. The summed E-state index contributed by atoms with van der Waals surface area (Å²) in [6.07, 6.45) is 6.23. The molecule has 2 N–H and O–H groups in total. The van der Waals surface area contributed by atoms with Gasteiger partial charge in [-0.1, -0.05) is 18.2 Å². The lowest BCUT2D eigenvalue weighted by Gasteiger charge is -2.11. The normalized spacial score (nSPS) is 14.2. The van der Waals surface area contributed by atoms with Gasteiger partial charge in [0.2, 0.25) is 0 Å². The van der Waals surface area contributed by atoms with E-state index in [0.717, 1.165) is 40.6 Å². The van der Waals surface area contributed by atoms with Crippen LogP contribution in [0.5, 0.6) is 0 Å². The van der Waals surface area contributed by atoms with Crippen molar-refractivity contribution >= 4 is 34.4 Å². The summed E-state index contributed by atoms with van der Waals surface area (Å²) in [5.74, 6) is -0.108. The van der Waals surface area contributed by atoms with Crippen molar-refractivity contribution in [2.75, 3.05) is 0 Å². The molecule has 0 saturated carbocycles. The van der Waals surface area contributed by atoms with Crippen LogP contribution < -0.4 is 5.43 Å². The van der Waals surface area contributed by atoms with Gasteiger partial charge in [-0.05, 0) is 44.2 Å². The first-order chi connectivity index (χ1) is 11.7. The second-order valence-corrected chi connectivity index (χ2v) is 7.13. The summed E-state index contributed by atoms with van der Waals surface area (Å²) in [7, 11) is 0. The molecule has 0 aliphatic heterocycles. The van der Waals surface area contributed by atoms with Crippen molar-refractivity contribution in [3.8, 4) is 0 Å². The summed E-state index contributed by atoms with van der Waals surface area (Å²) in [5, 5.41) is 7.27. The van der Waals surface area contributed by atoms with Gasteiger partial charge in [-0.3, -0.25) is 4.79 Å². The lowest BCUT2D eigenvalue weighted by atomic mass is 9.96. The van der Waals surface area contributed by atoms with Crippen molar-refractivity contribution in [3.05, 3.63) is 56.9 Å². The molecule has 122 valence electrons. The van der Waals surface area contributed by atoms with Crippen LogP contribution in [-0.2, 0) is 12.8 Å². The van der Waals surface area contributed by atoms with E-state index in [-0.39, 0.29) is 5.91 Å². The molecule has 0 saturated heterocycles. The summed E-state index contributed by atoms with van der Waals surface area (Å²) in [5.41, 5.74) is 7.84. The number of aromatic amines is 1. The molecule has 5 heteroatoms. The minimum atomic E-state index is -0.108. The second kappa shape index (κ2) is 6.24. The molecule has 0 fully saturated rings. The van der Waals surface area contributed by atoms with Gasteiger partial charge in [-0.25, -0.2) is 5.43 Å². The first-order valence-electron chi connectivity index (χ1n) is 8.24. The smallest absolute Gasteiger partial charge is 0.272 e. The fourth-order valence-electron chi connectivity index (χ4n) is 3.36. The standard InChI is InChI=1S/C19H19N3OS/c1-12-15(13-6-2-4-8-17(13)21-12)10-20-22-19(23)16-11-24-18-9-5-3-7-14(16)18/h2,4,6,8,10-11,21H,3,5,7,9H2,1H3,(H,22,23)/b20-10+. The van der Waals surface area contributed by atoms with Crippen LogP contribution in [0.4, 0.5) is 0 Å². The van der Waals surface area contributed by atoms with Gasteiger partial charge in [0, 0.05) is 32.4 Å². The molecule has 1 aromatic carbocycles. The molecule has 0 spiro atoms. The van der Waals surface area contributed by atoms with E-state index in [9.17, 15) is 4.79 Å². The molecule has 0 bridgehead atoms. The van der Waals surface area contributed by atoms with E-state index in [1.807, 2.05) is 30.5 Å². The van der Waals surface area contributed by atoms with Gasteiger partial charge in [-0.2, -0.15) is 5.10 Å². The van der Waals surface area contributed by atoms with E-state index in [4.69, 9.17) is 0 Å². The maximum Gasteiger partial charge on any atom is 0.272 e. The van der Waals surface area contributed by atoms with Gasteiger partial charge in [0.15, 0.2) is 0 Å². The van der Waals surface area contributed by atoms with Crippen LogP contribution in [0.15, 0.2) is 34.7 Å². The zero-order valence-corrected chi connectivity index (χ0v) is 14.4. The molecule has 1 amide bonds. The molecule has 0 radical (unpaired) electrons. The Morgan fingerprint density at radius 2 is 2.12 bits per heavy atom. The van der Waals surface area contributed by atoms with Gasteiger partial charge >= 0.3 is 0 Å². The largest absolute Gasteiger partial charge is 0.358 e. The van der Waals surface area contributed by atoms with Crippen LogP contribution in [0.25, 0.3) is 10.9 Å². The Morgan fingerprint density at radius 3 is 3.04 bits per heavy atom. The maximum atomic E-state index is 12.4. The highest BCUT2D eigenvalue weighted by Crippen LogP contribution is 2.30. The quantitative estimate of drug-likeness (QED) is 0.547. The fraction of sp³-hybridized carbons (Fsp3) is 0.263. The van der Waals surface area contributed by atoms with Crippen LogP contribution in [0.1, 0.15) is 44.9 Å². The zero-order chi connectivity index (χ0) is 16.5. The Bertz CT molecular complexity index is 935. The number of benzene rings is 1. The number of hydrogen-bond donors (Lipinski definition) is 2. The number of para-hydroxylation sites is 1. The molecular weight excluding hydrogens is 318 g/mol. The maximum absolute atomic E-state index is 12.4. The van der Waals surface area contributed by atoms with Crippen LogP contribution in [0, 0.1) is 6.92 Å². The Morgan fingerprint density at radius 1 is 1.29 bits per heavy atom. The second-order valence-electron chi connectivity index (χ2n) is 6.17. The zero-order valence-electron chi connectivity index (χ0n) is 13.6. The number of nitrogens with zero attached hydrogens (tertiary/aromatic N) is 1. The van der Waals surface area contributed by atoms with E-state index in [0.29, 0.717) is 0 Å². The highest BCUT2D eigenvalue weighted by atomic mass is 32.1. The number of hydrogen-bond acceptors (Lipinski definition) is 3. The first kappa shape index (κ1) is 15.1. The number of fused-ring (bicyclic) bond motifs is 2. The van der Waals surface area contributed by atoms with Crippen molar-refractivity contribution < 1.29 is 4.79 Å². The number of hydrazone groups is 1. The lowest BCUT2D eigenvalue weighted by Crippen LogP contribution is -2.19. The number of amides is 1. The number of carbonyl (C=O) groups is 1. The molecular formula is C19H19N3OS. The fourth-order valence-corrected chi connectivity index (χ4v) is 4.49. The van der Waals surface area contributed by atoms with Gasteiger partial charge in [0.05, 0.1) is 11.8 Å². The Kier molecular flexibility index (Phi) is 3.94. The Labute approximate surface area is 144 Å². The van der Waals surface area contributed by atoms with Crippen LogP contribution in [0.3, 0.4) is 0 Å². The third kappa shape index (κ3) is 2.65. The van der Waals surface area contributed by atoms with Crippen LogP contribution in [0.2, 0.25) is 0 Å². The molecule has 4 rings (SSSR count). The minimum absolute atomic E-state index is 0.108. The lowest BCUT2D eigenvalue weighted by molar-refractivity contribution is 0.0954. The predicted molar refractivity (Wildman–Crippen MR) is 99.1 cm³/mol. The topological polar surface area (TPSA) is 57.2 Å². The summed E-state index contributed by atoms with van der Waals surface area (Å²) in [6, 6.07) is 8.09. The van der Waals surface area contributed by atoms with Crippen LogP contribution in [-0.4, -0.2) is 17.1 Å². The van der Waals surface area contributed by atoms with Crippen molar-refractivity contribution in [3.63, 3.8) is 0 Å². The number of thiophene rings is 1. The van der Waals surface area contributed by atoms with Gasteiger partial charge < -0.3 is 4.98 Å². The number of rotatable bonds is 3. The van der Waals surface area contributed by atoms with E-state index >= 15 is 0 Å². The molecule has 0 unspecified atom stereocenters. The summed E-state index contributed by atoms with van der Waals surface area (Å²) >= 11 is 1.70. The first-order valence-corrected chi connectivity index (χ1v) is 9.12. The average Bonchev–Trinajstić information content (AvgIpc) is 3.16. The Hall–Kier alpha value is -2.40. The minimum Gasteiger partial charge on any atom is -0.358 e. The Balaban J connectivity index is 1.54. The molecule has 4 nitrogen and oxygen atoms in total. The molecule has 2 heterocycles. The molecule has 2 aromatic heterocycles. The van der Waals surface area contributed by atoms with E-state index < -0.39 is 0 Å². The van der Waals surface area contributed by atoms with Crippen molar-refractivity contribution in [2.45, 2.75) is 32.6 Å². The molecule has 1 aliphatic rings. The van der Waals surface area contributed by atoms with E-state index in [1.54, 1.807) is 17.6 Å². The number of nitrogens with one attached hydrogen (secondary N) is 2. The number of H-pyrrole nitrogens is 1. The monoisotopic (exact) mass is 337 g/mol. The van der Waals surface area contributed by atoms with Gasteiger partial charge in [-0.15, -0.1) is 11.3 Å². The van der Waals surface area contributed by atoms with Crippen molar-refractivity contribution in [2.24, 2.45) is 5.10 Å². The predicted octanol–water partition coefficient (Wildman–Crippen LogP) is 4.18. The third-order valence-electron chi connectivity index (χ3n) is 4.61. The highest BCUT2D eigenvalue weighted by molar-refractivity contribution is 7.10. The third-order valence-corrected chi connectivity index (χ3v) is 5.70.